The Morgan fingerprint density at radius 3 is 1.17 bits per heavy atom. The van der Waals surface area contributed by atoms with Crippen LogP contribution >= 0.6 is 0 Å². The zero-order chi connectivity index (χ0) is 21.8. The fourth-order valence-electron chi connectivity index (χ4n) is 3.54. The minimum Gasteiger partial charge on any atom is -0.341 e. The topological polar surface area (TPSA) is 167 Å². The lowest BCUT2D eigenvalue weighted by molar-refractivity contribution is -0.118. The molecule has 0 bridgehead atoms. The standard InChI is InChI=1S/C18H14N2O8S2/c21-17-13-14(16(20-17)10-3-7-12(8-4-10)30(26,27)28)18(22)19-15(13)9-1-5-11(6-2-9)29(23,24)25/h1-8,15-16H,(H,19,22)(H,20,21)(H,23,24,25)(H,26,27,28). The van der Waals surface area contributed by atoms with Gasteiger partial charge >= 0.3 is 0 Å². The van der Waals surface area contributed by atoms with Crippen molar-refractivity contribution in [2.75, 3.05) is 0 Å². The number of rotatable bonds is 4. The molecule has 0 aliphatic carbocycles. The van der Waals surface area contributed by atoms with Crippen LogP contribution in [0.4, 0.5) is 0 Å². The molecule has 0 spiro atoms. The molecular weight excluding hydrogens is 436 g/mol. The van der Waals surface area contributed by atoms with E-state index in [0.29, 0.717) is 11.1 Å². The van der Waals surface area contributed by atoms with Gasteiger partial charge in [0.1, 0.15) is 0 Å². The van der Waals surface area contributed by atoms with Gasteiger partial charge in [-0.15, -0.1) is 0 Å². The maximum Gasteiger partial charge on any atom is 0.294 e. The first-order valence-corrected chi connectivity index (χ1v) is 11.4. The maximum absolute atomic E-state index is 12.6. The SMILES string of the molecule is O=C1NC(c2ccc(S(=O)(=O)O)cc2)C2=C1C(c1ccc(S(=O)(=O)O)cc1)NC2=O. The van der Waals surface area contributed by atoms with Crippen LogP contribution < -0.4 is 10.6 Å². The van der Waals surface area contributed by atoms with E-state index in [1.165, 1.54) is 24.3 Å². The zero-order valence-corrected chi connectivity index (χ0v) is 16.6. The van der Waals surface area contributed by atoms with Crippen molar-refractivity contribution in [3.63, 3.8) is 0 Å². The highest BCUT2D eigenvalue weighted by Crippen LogP contribution is 2.41. The van der Waals surface area contributed by atoms with Gasteiger partial charge in [0, 0.05) is 0 Å². The monoisotopic (exact) mass is 450 g/mol. The normalized spacial score (nSPS) is 21.4. The van der Waals surface area contributed by atoms with Crippen molar-refractivity contribution < 1.29 is 35.5 Å². The van der Waals surface area contributed by atoms with Crippen LogP contribution in [-0.4, -0.2) is 37.8 Å². The number of benzene rings is 2. The minimum absolute atomic E-state index is 0.170. The molecule has 30 heavy (non-hydrogen) atoms. The fourth-order valence-corrected chi connectivity index (χ4v) is 4.50. The Morgan fingerprint density at radius 1 is 0.600 bits per heavy atom. The Balaban J connectivity index is 1.71. The van der Waals surface area contributed by atoms with E-state index < -0.39 is 44.1 Å². The highest BCUT2D eigenvalue weighted by atomic mass is 32.2. The van der Waals surface area contributed by atoms with Crippen molar-refractivity contribution >= 4 is 32.1 Å². The second-order valence-electron chi connectivity index (χ2n) is 6.73. The molecule has 10 nitrogen and oxygen atoms in total. The molecule has 2 aromatic carbocycles. The summed E-state index contributed by atoms with van der Waals surface area (Å²) >= 11 is 0. The van der Waals surface area contributed by atoms with Crippen LogP contribution in [0, 0.1) is 0 Å². The van der Waals surface area contributed by atoms with Gasteiger partial charge in [-0.25, -0.2) is 0 Å². The van der Waals surface area contributed by atoms with Gasteiger partial charge in [-0.2, -0.15) is 16.8 Å². The molecule has 2 aromatic rings. The van der Waals surface area contributed by atoms with Gasteiger partial charge in [0.2, 0.25) is 0 Å². The summed E-state index contributed by atoms with van der Waals surface area (Å²) in [7, 11) is -8.76. The molecule has 4 N–H and O–H groups in total. The predicted molar refractivity (Wildman–Crippen MR) is 101 cm³/mol. The van der Waals surface area contributed by atoms with E-state index in [4.69, 9.17) is 9.11 Å². The van der Waals surface area contributed by atoms with Crippen LogP contribution in [0.5, 0.6) is 0 Å². The Kier molecular flexibility index (Phi) is 4.54. The van der Waals surface area contributed by atoms with Crippen molar-refractivity contribution in [3.8, 4) is 0 Å². The molecule has 2 amide bonds. The molecule has 156 valence electrons. The highest BCUT2D eigenvalue weighted by Gasteiger charge is 2.46. The first kappa shape index (κ1) is 20.2. The molecule has 2 aliphatic rings. The van der Waals surface area contributed by atoms with Crippen molar-refractivity contribution in [2.45, 2.75) is 21.9 Å². The largest absolute Gasteiger partial charge is 0.341 e. The van der Waals surface area contributed by atoms with Gasteiger partial charge in [0.05, 0.1) is 33.0 Å². The molecule has 2 heterocycles. The first-order chi connectivity index (χ1) is 14.0. The molecule has 2 aliphatic heterocycles. The number of hydrogen-bond acceptors (Lipinski definition) is 6. The van der Waals surface area contributed by atoms with E-state index in [0.717, 1.165) is 24.3 Å². The van der Waals surface area contributed by atoms with Gasteiger partial charge in [-0.1, -0.05) is 24.3 Å². The van der Waals surface area contributed by atoms with Crippen LogP contribution in [-0.2, 0) is 29.8 Å². The van der Waals surface area contributed by atoms with E-state index >= 15 is 0 Å². The molecule has 0 radical (unpaired) electrons. The van der Waals surface area contributed by atoms with Gasteiger partial charge in [0.25, 0.3) is 32.1 Å². The van der Waals surface area contributed by atoms with Crippen LogP contribution in [0.15, 0.2) is 69.5 Å². The quantitative estimate of drug-likeness (QED) is 0.489. The zero-order valence-electron chi connectivity index (χ0n) is 14.9. The molecular formula is C18H14N2O8S2. The van der Waals surface area contributed by atoms with Crippen molar-refractivity contribution in [3.05, 3.63) is 70.8 Å². The smallest absolute Gasteiger partial charge is 0.294 e. The number of hydrogen-bond donors (Lipinski definition) is 4. The summed E-state index contributed by atoms with van der Waals surface area (Å²) in [6.45, 7) is 0. The number of nitrogens with one attached hydrogen (secondary N) is 2. The third-order valence-corrected chi connectivity index (χ3v) is 6.67. The average Bonchev–Trinajstić information content (AvgIpc) is 3.19. The summed E-state index contributed by atoms with van der Waals surface area (Å²) < 4.78 is 63.0. The van der Waals surface area contributed by atoms with Crippen LogP contribution in [0.2, 0.25) is 0 Å². The number of carbonyl (C=O) groups excluding carboxylic acids is 2. The maximum atomic E-state index is 12.6. The summed E-state index contributed by atoms with van der Waals surface area (Å²) in [6, 6.07) is 8.53. The van der Waals surface area contributed by atoms with Gasteiger partial charge < -0.3 is 10.6 Å². The second-order valence-corrected chi connectivity index (χ2v) is 9.57. The summed E-state index contributed by atoms with van der Waals surface area (Å²) in [5.41, 5.74) is 1.23. The molecule has 0 aromatic heterocycles. The number of carbonyl (C=O) groups is 2. The lowest BCUT2D eigenvalue weighted by atomic mass is 9.95. The summed E-state index contributed by atoms with van der Waals surface area (Å²) in [5, 5.41) is 5.35. The minimum atomic E-state index is -4.38. The molecule has 2 atom stereocenters. The molecule has 0 fully saturated rings. The summed E-state index contributed by atoms with van der Waals surface area (Å²) in [4.78, 5) is 24.5. The Bertz CT molecular complexity index is 1210. The van der Waals surface area contributed by atoms with Crippen LogP contribution in [0.3, 0.4) is 0 Å². The van der Waals surface area contributed by atoms with Crippen LogP contribution in [0.25, 0.3) is 0 Å². The first-order valence-electron chi connectivity index (χ1n) is 8.47. The molecule has 12 heteroatoms. The third-order valence-electron chi connectivity index (χ3n) is 4.93. The van der Waals surface area contributed by atoms with Gasteiger partial charge in [0.15, 0.2) is 0 Å². The Hall–Kier alpha value is -3.06. The Morgan fingerprint density at radius 2 is 0.900 bits per heavy atom. The average molecular weight is 450 g/mol. The van der Waals surface area contributed by atoms with Gasteiger partial charge in [-0.3, -0.25) is 18.7 Å². The van der Waals surface area contributed by atoms with E-state index in [1.54, 1.807) is 0 Å². The van der Waals surface area contributed by atoms with Crippen molar-refractivity contribution in [2.24, 2.45) is 0 Å². The second kappa shape index (κ2) is 6.74. The highest BCUT2D eigenvalue weighted by molar-refractivity contribution is 7.86. The van der Waals surface area contributed by atoms with Gasteiger partial charge in [-0.05, 0) is 35.4 Å². The lowest BCUT2D eigenvalue weighted by Gasteiger charge is -2.17. The summed E-state index contributed by atoms with van der Waals surface area (Å²) in [6.07, 6.45) is 0. The third kappa shape index (κ3) is 3.39. The molecule has 0 saturated carbocycles. The predicted octanol–water partition coefficient (Wildman–Crippen LogP) is 0.519. The van der Waals surface area contributed by atoms with Crippen LogP contribution in [0.1, 0.15) is 23.2 Å². The molecule has 4 rings (SSSR count). The lowest BCUT2D eigenvalue weighted by Crippen LogP contribution is -2.33. The van der Waals surface area contributed by atoms with E-state index in [9.17, 15) is 26.4 Å². The van der Waals surface area contributed by atoms with E-state index in [2.05, 4.69) is 10.6 Å². The fraction of sp³-hybridized carbons (Fsp3) is 0.111. The molecule has 0 saturated heterocycles. The van der Waals surface area contributed by atoms with Crippen molar-refractivity contribution in [1.82, 2.24) is 10.6 Å². The van der Waals surface area contributed by atoms with E-state index in [1.807, 2.05) is 0 Å². The van der Waals surface area contributed by atoms with E-state index in [-0.39, 0.29) is 20.9 Å². The number of amides is 2. The molecule has 2 unspecified atom stereocenters. The van der Waals surface area contributed by atoms with Crippen molar-refractivity contribution in [1.29, 1.82) is 0 Å². The summed E-state index contributed by atoms with van der Waals surface area (Å²) in [5.74, 6) is -1.01. The Labute approximate surface area is 171 Å².